The Balaban J connectivity index is 0.00000338. The molecule has 0 saturated carbocycles. The molecule has 12 heteroatoms. The van der Waals surface area contributed by atoms with Crippen molar-refractivity contribution < 1.29 is 64.1 Å². The van der Waals surface area contributed by atoms with Crippen LogP contribution in [0, 0.1) is 0 Å². The van der Waals surface area contributed by atoms with Gasteiger partial charge in [0.25, 0.3) is 5.91 Å². The number of aliphatic hydroxyl groups excluding tert-OH is 1. The molecule has 138 valence electrons. The van der Waals surface area contributed by atoms with Crippen LogP contribution < -0.4 is 40.6 Å². The number of aliphatic hydroxyl groups is 1. The number of carboxylic acids is 2. The third-order valence-corrected chi connectivity index (χ3v) is 5.33. The third kappa shape index (κ3) is 4.78. The monoisotopic (exact) mass is 396 g/mol. The number of nitrogens with zero attached hydrogens (tertiary/aromatic N) is 1. The number of nitrogens with one attached hydrogen (secondary N) is 1. The SMILES string of the molecule is NC(CCCC(=O)NC1C(=O)N2C(C(=O)O)=C(CO)CSC12)C(=O)O.[Na+]. The molecule has 2 heterocycles. The molecule has 0 bridgehead atoms. The molecule has 0 spiro atoms. The first-order chi connectivity index (χ1) is 11.8. The van der Waals surface area contributed by atoms with E-state index < -0.39 is 47.8 Å². The summed E-state index contributed by atoms with van der Waals surface area (Å²) in [5.74, 6) is -3.15. The summed E-state index contributed by atoms with van der Waals surface area (Å²) in [4.78, 5) is 47.1. The molecule has 10 nitrogen and oxygen atoms in total. The van der Waals surface area contributed by atoms with Crippen LogP contribution in [-0.4, -0.2) is 73.8 Å². The minimum atomic E-state index is -1.30. The number of rotatable bonds is 8. The van der Waals surface area contributed by atoms with Crippen LogP contribution in [0.5, 0.6) is 0 Å². The Hall–Kier alpha value is -1.11. The molecule has 2 aliphatic heterocycles. The van der Waals surface area contributed by atoms with E-state index in [-0.39, 0.29) is 65.8 Å². The summed E-state index contributed by atoms with van der Waals surface area (Å²) >= 11 is 1.26. The smallest absolute Gasteiger partial charge is 0.480 e. The number of amides is 2. The van der Waals surface area contributed by atoms with E-state index >= 15 is 0 Å². The van der Waals surface area contributed by atoms with Crippen molar-refractivity contribution in [2.75, 3.05) is 12.4 Å². The van der Waals surface area contributed by atoms with Crippen molar-refractivity contribution in [3.8, 4) is 0 Å². The van der Waals surface area contributed by atoms with Crippen LogP contribution in [0.1, 0.15) is 19.3 Å². The van der Waals surface area contributed by atoms with Gasteiger partial charge in [0, 0.05) is 12.2 Å². The zero-order valence-electron chi connectivity index (χ0n) is 14.2. The molecule has 2 rings (SSSR count). The van der Waals surface area contributed by atoms with Gasteiger partial charge in [-0.1, -0.05) is 0 Å². The molecule has 3 unspecified atom stereocenters. The Labute approximate surface area is 175 Å². The summed E-state index contributed by atoms with van der Waals surface area (Å²) in [5.41, 5.74) is 5.38. The average Bonchev–Trinajstić information content (AvgIpc) is 2.57. The van der Waals surface area contributed by atoms with Crippen LogP contribution in [0.3, 0.4) is 0 Å². The summed E-state index contributed by atoms with van der Waals surface area (Å²) < 4.78 is 0. The molecule has 0 radical (unpaired) electrons. The van der Waals surface area contributed by atoms with Crippen LogP contribution in [0.25, 0.3) is 0 Å². The maximum atomic E-state index is 12.2. The van der Waals surface area contributed by atoms with E-state index in [2.05, 4.69) is 5.32 Å². The number of carbonyl (C=O) groups is 4. The predicted molar refractivity (Wildman–Crippen MR) is 86.2 cm³/mol. The second kappa shape index (κ2) is 9.72. The number of hydrogen-bond donors (Lipinski definition) is 5. The number of aliphatic carboxylic acids is 2. The van der Waals surface area contributed by atoms with E-state index in [9.17, 15) is 29.4 Å². The average molecular weight is 396 g/mol. The normalized spacial score (nSPS) is 22.7. The van der Waals surface area contributed by atoms with Crippen molar-refractivity contribution >= 4 is 35.5 Å². The second-order valence-electron chi connectivity index (χ2n) is 5.71. The summed E-state index contributed by atoms with van der Waals surface area (Å²) in [7, 11) is 0. The van der Waals surface area contributed by atoms with Crippen molar-refractivity contribution in [1.82, 2.24) is 10.2 Å². The van der Waals surface area contributed by atoms with E-state index in [0.717, 1.165) is 4.90 Å². The van der Waals surface area contributed by atoms with Crippen LogP contribution in [-0.2, 0) is 19.2 Å². The van der Waals surface area contributed by atoms with Gasteiger partial charge < -0.3 is 26.4 Å². The fourth-order valence-electron chi connectivity index (χ4n) is 2.66. The number of nitrogens with two attached hydrogens (primary N) is 1. The Morgan fingerprint density at radius 1 is 1.35 bits per heavy atom. The van der Waals surface area contributed by atoms with Gasteiger partial charge in [0.2, 0.25) is 5.91 Å². The van der Waals surface area contributed by atoms with Gasteiger partial charge in [-0.3, -0.25) is 19.3 Å². The molecule has 1 saturated heterocycles. The summed E-state index contributed by atoms with van der Waals surface area (Å²) in [6, 6.07) is -1.87. The summed E-state index contributed by atoms with van der Waals surface area (Å²) in [6.45, 7) is -0.452. The maximum Gasteiger partial charge on any atom is 1.00 e. The van der Waals surface area contributed by atoms with E-state index in [1.54, 1.807) is 0 Å². The predicted octanol–water partition coefficient (Wildman–Crippen LogP) is -4.70. The first kappa shape index (κ1) is 22.9. The molecule has 26 heavy (non-hydrogen) atoms. The van der Waals surface area contributed by atoms with Crippen molar-refractivity contribution in [2.24, 2.45) is 5.73 Å². The molecule has 0 aromatic heterocycles. The maximum absolute atomic E-state index is 12.2. The van der Waals surface area contributed by atoms with E-state index in [1.807, 2.05) is 0 Å². The van der Waals surface area contributed by atoms with Gasteiger partial charge in [-0.25, -0.2) is 4.79 Å². The van der Waals surface area contributed by atoms with Crippen LogP contribution in [0.4, 0.5) is 0 Å². The van der Waals surface area contributed by atoms with Crippen molar-refractivity contribution in [2.45, 2.75) is 36.7 Å². The standard InChI is InChI=1S/C14H19N3O7S.Na/c15-7(13(21)22)2-1-3-8(19)16-9-11(20)17-10(14(23)24)6(4-18)5-25-12(9)17;/h7,9,12,18H,1-5,15H2,(H,16,19)(H,21,22)(H,23,24);/q;+1. The van der Waals surface area contributed by atoms with Gasteiger partial charge in [0.05, 0.1) is 6.61 Å². The minimum Gasteiger partial charge on any atom is -0.480 e. The molecule has 0 aliphatic carbocycles. The number of carbonyl (C=O) groups excluding carboxylic acids is 2. The molecule has 2 amide bonds. The molecular formula is C14H19N3NaO7S+. The molecule has 2 aliphatic rings. The van der Waals surface area contributed by atoms with Gasteiger partial charge in [-0.05, 0) is 18.4 Å². The molecule has 3 atom stereocenters. The van der Waals surface area contributed by atoms with Crippen LogP contribution >= 0.6 is 11.8 Å². The fraction of sp³-hybridized carbons (Fsp3) is 0.571. The second-order valence-corrected chi connectivity index (χ2v) is 6.81. The molecule has 1 fully saturated rings. The number of carboxylic acid groups (broad SMARTS) is 2. The summed E-state index contributed by atoms with van der Waals surface area (Å²) in [6.07, 6.45) is 0.416. The topological polar surface area (TPSA) is 170 Å². The van der Waals surface area contributed by atoms with Crippen LogP contribution in [0.2, 0.25) is 0 Å². The Kier molecular flexibility index (Phi) is 8.57. The zero-order chi connectivity index (χ0) is 18.7. The third-order valence-electron chi connectivity index (χ3n) is 3.99. The number of hydrogen-bond acceptors (Lipinski definition) is 7. The van der Waals surface area contributed by atoms with Crippen LogP contribution in [0.15, 0.2) is 11.3 Å². The Bertz CT molecular complexity index is 642. The van der Waals surface area contributed by atoms with Crippen molar-refractivity contribution in [3.63, 3.8) is 0 Å². The first-order valence-electron chi connectivity index (χ1n) is 7.56. The fourth-order valence-corrected chi connectivity index (χ4v) is 3.99. The van der Waals surface area contributed by atoms with Gasteiger partial charge in [-0.2, -0.15) is 0 Å². The van der Waals surface area contributed by atoms with Crippen molar-refractivity contribution in [3.05, 3.63) is 11.3 Å². The van der Waals surface area contributed by atoms with Gasteiger partial charge in [-0.15, -0.1) is 11.8 Å². The largest absolute Gasteiger partial charge is 1.00 e. The summed E-state index contributed by atoms with van der Waals surface area (Å²) in [5, 5.41) is 29.1. The first-order valence-corrected chi connectivity index (χ1v) is 8.61. The van der Waals surface area contributed by atoms with E-state index in [1.165, 1.54) is 11.8 Å². The molecule has 0 aromatic carbocycles. The van der Waals surface area contributed by atoms with Gasteiger partial charge >= 0.3 is 41.5 Å². The number of fused-ring (bicyclic) bond motifs is 1. The Morgan fingerprint density at radius 3 is 2.54 bits per heavy atom. The Morgan fingerprint density at radius 2 is 2.00 bits per heavy atom. The zero-order valence-corrected chi connectivity index (χ0v) is 17.0. The quantitative estimate of drug-likeness (QED) is 0.200. The van der Waals surface area contributed by atoms with Gasteiger partial charge in [0.15, 0.2) is 0 Å². The molecular weight excluding hydrogens is 377 g/mol. The van der Waals surface area contributed by atoms with Gasteiger partial charge in [0.1, 0.15) is 23.2 Å². The van der Waals surface area contributed by atoms with E-state index in [0.29, 0.717) is 0 Å². The molecule has 6 N–H and O–H groups in total. The molecule has 0 aromatic rings. The van der Waals surface area contributed by atoms with E-state index in [4.69, 9.17) is 10.8 Å². The number of β-lactam (4-membered cyclic amide) rings is 1. The minimum absolute atomic E-state index is 0. The van der Waals surface area contributed by atoms with Crippen molar-refractivity contribution in [1.29, 1.82) is 0 Å². The number of thioether (sulfide) groups is 1.